The molecule has 0 saturated carbocycles. The van der Waals surface area contributed by atoms with Crippen LogP contribution >= 0.6 is 11.3 Å². The minimum absolute atomic E-state index is 0.254. The molecule has 2 N–H and O–H groups in total. The predicted molar refractivity (Wildman–Crippen MR) is 112 cm³/mol. The van der Waals surface area contributed by atoms with E-state index in [1.807, 2.05) is 48.8 Å². The third-order valence-corrected chi connectivity index (χ3v) is 6.28. The highest BCUT2D eigenvalue weighted by Gasteiger charge is 2.39. The van der Waals surface area contributed by atoms with Crippen molar-refractivity contribution in [1.29, 1.82) is 0 Å². The average molecular weight is 410 g/mol. The zero-order valence-electron chi connectivity index (χ0n) is 16.3. The molecule has 7 nitrogen and oxygen atoms in total. The van der Waals surface area contributed by atoms with Gasteiger partial charge < -0.3 is 15.2 Å². The molecule has 1 fully saturated rings. The Hall–Kier alpha value is -3.13. The summed E-state index contributed by atoms with van der Waals surface area (Å²) in [7, 11) is 1.68. The number of hydrogen-bond acceptors (Lipinski definition) is 4. The zero-order chi connectivity index (χ0) is 20.5. The van der Waals surface area contributed by atoms with Gasteiger partial charge in [-0.15, -0.1) is 11.3 Å². The van der Waals surface area contributed by atoms with Gasteiger partial charge in [0.25, 0.3) is 5.91 Å². The molecule has 1 aliphatic rings. The number of thiophene rings is 1. The van der Waals surface area contributed by atoms with E-state index in [1.165, 1.54) is 0 Å². The number of benzene rings is 1. The first-order valence-electron chi connectivity index (χ1n) is 9.38. The maximum atomic E-state index is 12.8. The van der Waals surface area contributed by atoms with Crippen molar-refractivity contribution >= 4 is 40.1 Å². The Morgan fingerprint density at radius 3 is 2.79 bits per heavy atom. The minimum Gasteiger partial charge on any atom is -0.361 e. The lowest BCUT2D eigenvalue weighted by molar-refractivity contribution is -0.136. The molecule has 3 aromatic rings. The van der Waals surface area contributed by atoms with Gasteiger partial charge in [-0.2, -0.15) is 0 Å². The highest BCUT2D eigenvalue weighted by molar-refractivity contribution is 7.10. The summed E-state index contributed by atoms with van der Waals surface area (Å²) >= 11 is 1.59. The third kappa shape index (κ3) is 3.75. The number of aromatic nitrogens is 1. The number of hydrogen-bond donors (Lipinski definition) is 2. The van der Waals surface area contributed by atoms with Crippen LogP contribution in [0.4, 0.5) is 4.79 Å². The van der Waals surface area contributed by atoms with Crippen molar-refractivity contribution in [3.63, 3.8) is 0 Å². The molecular formula is C21H22N4O3S. The van der Waals surface area contributed by atoms with Crippen molar-refractivity contribution in [1.82, 2.24) is 20.1 Å². The number of aryl methyl sites for hydroxylation is 1. The maximum Gasteiger partial charge on any atom is 0.325 e. The first-order chi connectivity index (χ1) is 13.9. The molecule has 29 heavy (non-hydrogen) atoms. The van der Waals surface area contributed by atoms with Gasteiger partial charge in [-0.25, -0.2) is 4.79 Å². The number of carbonyl (C=O) groups excluding carboxylic acids is 3. The van der Waals surface area contributed by atoms with Gasteiger partial charge in [-0.05, 0) is 35.6 Å². The molecule has 4 rings (SSSR count). The third-order valence-electron chi connectivity index (χ3n) is 5.27. The number of para-hydroxylation sites is 1. The van der Waals surface area contributed by atoms with Crippen LogP contribution in [-0.2, 0) is 22.6 Å². The van der Waals surface area contributed by atoms with E-state index in [4.69, 9.17) is 0 Å². The van der Waals surface area contributed by atoms with Crippen LogP contribution in [0.1, 0.15) is 16.0 Å². The number of aromatic amines is 1. The largest absolute Gasteiger partial charge is 0.361 e. The molecule has 1 aliphatic heterocycles. The van der Waals surface area contributed by atoms with Gasteiger partial charge in [0, 0.05) is 35.4 Å². The van der Waals surface area contributed by atoms with E-state index in [2.05, 4.69) is 10.3 Å². The van der Waals surface area contributed by atoms with E-state index < -0.39 is 12.1 Å². The maximum absolute atomic E-state index is 12.8. The topological polar surface area (TPSA) is 85.5 Å². The molecule has 1 atom stereocenters. The van der Waals surface area contributed by atoms with Crippen molar-refractivity contribution in [2.24, 2.45) is 0 Å². The zero-order valence-corrected chi connectivity index (χ0v) is 17.1. The van der Waals surface area contributed by atoms with E-state index in [9.17, 15) is 14.4 Å². The van der Waals surface area contributed by atoms with Crippen LogP contribution in [0.3, 0.4) is 0 Å². The van der Waals surface area contributed by atoms with E-state index in [1.54, 1.807) is 23.3 Å². The number of nitrogens with zero attached hydrogens (tertiary/aromatic N) is 2. The summed E-state index contributed by atoms with van der Waals surface area (Å²) in [5, 5.41) is 5.72. The van der Waals surface area contributed by atoms with Crippen LogP contribution in [0.2, 0.25) is 0 Å². The number of urea groups is 1. The lowest BCUT2D eigenvalue weighted by atomic mass is 10.1. The SMILES string of the molecule is Cc1ccsc1CN(C)C(=O)CN1C(=O)N[C@H](Cc2c[nH]c3ccccc23)C1=O. The molecule has 8 heteroatoms. The van der Waals surface area contributed by atoms with Crippen LogP contribution in [0.15, 0.2) is 41.9 Å². The summed E-state index contributed by atoms with van der Waals surface area (Å²) in [4.78, 5) is 44.5. The van der Waals surface area contributed by atoms with Gasteiger partial charge in [0.1, 0.15) is 12.6 Å². The van der Waals surface area contributed by atoms with E-state index in [0.29, 0.717) is 13.0 Å². The highest BCUT2D eigenvalue weighted by atomic mass is 32.1. The van der Waals surface area contributed by atoms with Gasteiger partial charge in [-0.1, -0.05) is 18.2 Å². The molecular weight excluding hydrogens is 388 g/mol. The highest BCUT2D eigenvalue weighted by Crippen LogP contribution is 2.21. The number of fused-ring (bicyclic) bond motifs is 1. The van der Waals surface area contributed by atoms with Gasteiger partial charge in [0.2, 0.25) is 5.91 Å². The van der Waals surface area contributed by atoms with Gasteiger partial charge in [-0.3, -0.25) is 14.5 Å². The van der Waals surface area contributed by atoms with E-state index >= 15 is 0 Å². The van der Waals surface area contributed by atoms with Crippen molar-refractivity contribution in [2.75, 3.05) is 13.6 Å². The molecule has 1 saturated heterocycles. The Morgan fingerprint density at radius 2 is 2.03 bits per heavy atom. The number of amides is 4. The monoisotopic (exact) mass is 410 g/mol. The number of rotatable bonds is 6. The summed E-state index contributed by atoms with van der Waals surface area (Å²) in [5.41, 5.74) is 3.07. The smallest absolute Gasteiger partial charge is 0.325 e. The fourth-order valence-corrected chi connectivity index (χ4v) is 4.47. The van der Waals surface area contributed by atoms with Crippen LogP contribution in [0, 0.1) is 6.92 Å². The molecule has 4 amide bonds. The number of carbonyl (C=O) groups is 3. The summed E-state index contributed by atoms with van der Waals surface area (Å²) < 4.78 is 0. The second kappa shape index (κ2) is 7.71. The molecule has 1 aromatic carbocycles. The second-order valence-electron chi connectivity index (χ2n) is 7.27. The van der Waals surface area contributed by atoms with Crippen molar-refractivity contribution in [3.8, 4) is 0 Å². The van der Waals surface area contributed by atoms with Crippen LogP contribution in [0.25, 0.3) is 10.9 Å². The Bertz CT molecular complexity index is 1090. The first-order valence-corrected chi connectivity index (χ1v) is 10.3. The summed E-state index contributed by atoms with van der Waals surface area (Å²) in [6, 6.07) is 8.63. The molecule has 150 valence electrons. The van der Waals surface area contributed by atoms with Crippen LogP contribution in [0.5, 0.6) is 0 Å². The quantitative estimate of drug-likeness (QED) is 0.613. The molecule has 3 heterocycles. The standard InChI is InChI=1S/C21H22N4O3S/c1-13-7-8-29-18(13)11-24(2)19(26)12-25-20(27)17(23-21(25)28)9-14-10-22-16-6-4-3-5-15(14)16/h3-8,10,17,22H,9,11-12H2,1-2H3,(H,23,28)/t17-/m1/s1. The fourth-order valence-electron chi connectivity index (χ4n) is 3.51. The van der Waals surface area contributed by atoms with Crippen LogP contribution in [-0.4, -0.2) is 52.3 Å². The Labute approximate surface area is 172 Å². The predicted octanol–water partition coefficient (Wildman–Crippen LogP) is 2.66. The molecule has 0 unspecified atom stereocenters. The van der Waals surface area contributed by atoms with Crippen molar-refractivity contribution in [2.45, 2.75) is 25.9 Å². The molecule has 0 radical (unpaired) electrons. The molecule has 0 bridgehead atoms. The Balaban J connectivity index is 1.41. The molecule has 2 aromatic heterocycles. The molecule has 0 spiro atoms. The van der Waals surface area contributed by atoms with Gasteiger partial charge in [0.15, 0.2) is 0 Å². The number of nitrogens with one attached hydrogen (secondary N) is 2. The summed E-state index contributed by atoms with van der Waals surface area (Å²) in [5.74, 6) is -0.636. The summed E-state index contributed by atoms with van der Waals surface area (Å²) in [6.07, 6.45) is 2.23. The van der Waals surface area contributed by atoms with Gasteiger partial charge >= 0.3 is 6.03 Å². The average Bonchev–Trinajstić information content (AvgIpc) is 3.37. The van der Waals surface area contributed by atoms with Gasteiger partial charge in [0.05, 0.1) is 6.54 Å². The Kier molecular flexibility index (Phi) is 5.10. The normalized spacial score (nSPS) is 16.5. The number of H-pyrrole nitrogens is 1. The summed E-state index contributed by atoms with van der Waals surface area (Å²) in [6.45, 7) is 2.21. The lowest BCUT2D eigenvalue weighted by Crippen LogP contribution is -2.41. The second-order valence-corrected chi connectivity index (χ2v) is 8.27. The number of imide groups is 1. The minimum atomic E-state index is -0.667. The molecule has 0 aliphatic carbocycles. The first kappa shape index (κ1) is 19.2. The fraction of sp³-hybridized carbons (Fsp3) is 0.286. The van der Waals surface area contributed by atoms with Crippen molar-refractivity contribution < 1.29 is 14.4 Å². The number of likely N-dealkylation sites (N-methyl/N-ethyl adjacent to an activating group) is 1. The van der Waals surface area contributed by atoms with Crippen LogP contribution < -0.4 is 5.32 Å². The Morgan fingerprint density at radius 1 is 1.24 bits per heavy atom. The van der Waals surface area contributed by atoms with E-state index in [-0.39, 0.29) is 18.4 Å². The van der Waals surface area contributed by atoms with E-state index in [0.717, 1.165) is 31.8 Å². The van der Waals surface area contributed by atoms with Crippen molar-refractivity contribution in [3.05, 3.63) is 57.9 Å². The lowest BCUT2D eigenvalue weighted by Gasteiger charge is -2.20.